The molecule has 0 heterocycles. The van der Waals surface area contributed by atoms with Crippen LogP contribution in [0.25, 0.3) is 0 Å². The van der Waals surface area contributed by atoms with Crippen LogP contribution in [0.5, 0.6) is 11.5 Å². The minimum absolute atomic E-state index is 0.139. The maximum absolute atomic E-state index is 5.96. The quantitative estimate of drug-likeness (QED) is 0.289. The van der Waals surface area contributed by atoms with Crippen molar-refractivity contribution in [3.63, 3.8) is 0 Å². The van der Waals surface area contributed by atoms with Crippen LogP contribution in [-0.2, 0) is 12.0 Å². The molecule has 0 amide bonds. The topological polar surface area (TPSA) is 54.9 Å². The number of hydrogen-bond acceptors (Lipinski definition) is 4. The maximum atomic E-state index is 5.96. The molecule has 0 bridgehead atoms. The number of benzene rings is 2. The van der Waals surface area contributed by atoms with Crippen molar-refractivity contribution in [3.05, 3.63) is 71.8 Å². The van der Waals surface area contributed by atoms with Crippen LogP contribution >= 0.6 is 12.2 Å². The zero-order chi connectivity index (χ0) is 21.3. The molecule has 29 heavy (non-hydrogen) atoms. The van der Waals surface area contributed by atoms with Crippen LogP contribution in [0, 0.1) is 0 Å². The van der Waals surface area contributed by atoms with Gasteiger partial charge in [-0.3, -0.25) is 5.43 Å². The highest BCUT2D eigenvalue weighted by Gasteiger charge is 2.13. The van der Waals surface area contributed by atoms with Crippen LogP contribution in [0.2, 0.25) is 0 Å². The predicted octanol–water partition coefficient (Wildman–Crippen LogP) is 4.56. The number of methoxy groups -OCH3 is 1. The highest BCUT2D eigenvalue weighted by molar-refractivity contribution is 7.80. The fourth-order valence-electron chi connectivity index (χ4n) is 2.52. The Morgan fingerprint density at radius 2 is 1.86 bits per heavy atom. The van der Waals surface area contributed by atoms with E-state index in [9.17, 15) is 0 Å². The van der Waals surface area contributed by atoms with Crippen LogP contribution in [0.3, 0.4) is 0 Å². The molecule has 0 aliphatic heterocycles. The van der Waals surface area contributed by atoms with E-state index in [1.165, 1.54) is 5.56 Å². The van der Waals surface area contributed by atoms with Crippen LogP contribution < -0.4 is 20.2 Å². The van der Waals surface area contributed by atoms with Gasteiger partial charge in [-0.15, -0.1) is 6.58 Å². The average molecular weight is 412 g/mol. The molecule has 0 spiro atoms. The molecule has 2 aromatic rings. The molecular formula is C23H29N3O2S. The van der Waals surface area contributed by atoms with E-state index in [4.69, 9.17) is 21.7 Å². The van der Waals surface area contributed by atoms with Crippen LogP contribution in [0.4, 0.5) is 0 Å². The molecular weight excluding hydrogens is 382 g/mol. The second-order valence-electron chi connectivity index (χ2n) is 7.51. The van der Waals surface area contributed by atoms with Crippen molar-refractivity contribution in [2.45, 2.75) is 32.8 Å². The van der Waals surface area contributed by atoms with E-state index in [1.54, 1.807) is 19.4 Å². The fourth-order valence-corrected chi connectivity index (χ4v) is 2.65. The van der Waals surface area contributed by atoms with E-state index < -0.39 is 0 Å². The molecule has 2 N–H and O–H groups in total. The summed E-state index contributed by atoms with van der Waals surface area (Å²) < 4.78 is 11.4. The first-order valence-corrected chi connectivity index (χ1v) is 9.82. The third kappa shape index (κ3) is 7.23. The Bertz CT molecular complexity index is 855. The summed E-state index contributed by atoms with van der Waals surface area (Å²) in [4.78, 5) is 0. The summed E-state index contributed by atoms with van der Waals surface area (Å²) >= 11 is 5.08. The summed E-state index contributed by atoms with van der Waals surface area (Å²) in [6, 6.07) is 14.1. The predicted molar refractivity (Wildman–Crippen MR) is 124 cm³/mol. The maximum Gasteiger partial charge on any atom is 0.187 e. The van der Waals surface area contributed by atoms with Gasteiger partial charge in [0.25, 0.3) is 0 Å². The summed E-state index contributed by atoms with van der Waals surface area (Å²) in [5, 5.41) is 7.49. The molecule has 5 nitrogen and oxygen atoms in total. The van der Waals surface area contributed by atoms with Crippen molar-refractivity contribution >= 4 is 23.5 Å². The van der Waals surface area contributed by atoms with Crippen molar-refractivity contribution in [2.75, 3.05) is 13.7 Å². The van der Waals surface area contributed by atoms with Crippen molar-refractivity contribution < 1.29 is 9.47 Å². The van der Waals surface area contributed by atoms with Crippen LogP contribution in [0.1, 0.15) is 37.5 Å². The third-order valence-corrected chi connectivity index (χ3v) is 4.42. The number of rotatable bonds is 8. The zero-order valence-electron chi connectivity index (χ0n) is 17.5. The summed E-state index contributed by atoms with van der Waals surface area (Å²) in [6.45, 7) is 11.3. The number of thiocarbonyl (C=S) groups is 1. The van der Waals surface area contributed by atoms with Crippen LogP contribution in [0.15, 0.2) is 60.2 Å². The molecule has 0 saturated carbocycles. The zero-order valence-corrected chi connectivity index (χ0v) is 18.3. The summed E-state index contributed by atoms with van der Waals surface area (Å²) in [5.74, 6) is 1.33. The number of hydrazone groups is 1. The summed E-state index contributed by atoms with van der Waals surface area (Å²) in [5.41, 5.74) is 6.16. The molecule has 0 radical (unpaired) electrons. The van der Waals surface area contributed by atoms with Gasteiger partial charge in [-0.25, -0.2) is 0 Å². The van der Waals surface area contributed by atoms with Crippen molar-refractivity contribution in [2.24, 2.45) is 5.10 Å². The summed E-state index contributed by atoms with van der Waals surface area (Å²) in [6.07, 6.45) is 3.39. The molecule has 0 atom stereocenters. The van der Waals surface area contributed by atoms with Gasteiger partial charge in [0.05, 0.1) is 13.3 Å². The van der Waals surface area contributed by atoms with E-state index in [2.05, 4.69) is 67.5 Å². The molecule has 154 valence electrons. The molecule has 0 aliphatic rings. The Balaban J connectivity index is 1.98. The average Bonchev–Trinajstić information content (AvgIpc) is 2.70. The lowest BCUT2D eigenvalue weighted by molar-refractivity contribution is 0.284. The first-order chi connectivity index (χ1) is 13.8. The lowest BCUT2D eigenvalue weighted by atomic mass is 9.87. The molecule has 0 fully saturated rings. The minimum atomic E-state index is 0.139. The first-order valence-electron chi connectivity index (χ1n) is 9.41. The van der Waals surface area contributed by atoms with Gasteiger partial charge in [0.15, 0.2) is 16.6 Å². The van der Waals surface area contributed by atoms with Gasteiger partial charge in [0.2, 0.25) is 0 Å². The Labute approximate surface area is 178 Å². The van der Waals surface area contributed by atoms with Gasteiger partial charge in [0, 0.05) is 6.54 Å². The van der Waals surface area contributed by atoms with Gasteiger partial charge < -0.3 is 14.8 Å². The summed E-state index contributed by atoms with van der Waals surface area (Å²) in [7, 11) is 1.62. The Morgan fingerprint density at radius 3 is 2.48 bits per heavy atom. The number of nitrogens with one attached hydrogen (secondary N) is 2. The Morgan fingerprint density at radius 1 is 1.14 bits per heavy atom. The number of hydrogen-bond donors (Lipinski definition) is 2. The van der Waals surface area contributed by atoms with Crippen LogP contribution in [-0.4, -0.2) is 25.0 Å². The van der Waals surface area contributed by atoms with Gasteiger partial charge in [-0.1, -0.05) is 51.1 Å². The molecule has 6 heteroatoms. The second-order valence-corrected chi connectivity index (χ2v) is 7.92. The minimum Gasteiger partial charge on any atom is -0.493 e. The van der Waals surface area contributed by atoms with Gasteiger partial charge in [-0.05, 0) is 52.5 Å². The molecule has 0 saturated heterocycles. The Hall–Kier alpha value is -2.86. The SMILES string of the molecule is C=CCNC(=S)N/N=C\c1ccc(OCc2ccc(C(C)(C)C)cc2)c(OC)c1. The third-order valence-electron chi connectivity index (χ3n) is 4.19. The van der Waals surface area contributed by atoms with Gasteiger partial charge in [0.1, 0.15) is 6.61 Å². The number of nitrogens with zero attached hydrogens (tertiary/aromatic N) is 1. The molecule has 2 rings (SSSR count). The van der Waals surface area contributed by atoms with E-state index in [0.717, 1.165) is 11.1 Å². The smallest absolute Gasteiger partial charge is 0.187 e. The van der Waals surface area contributed by atoms with Crippen molar-refractivity contribution in [3.8, 4) is 11.5 Å². The van der Waals surface area contributed by atoms with E-state index in [1.807, 2.05) is 18.2 Å². The van der Waals surface area contributed by atoms with E-state index in [-0.39, 0.29) is 5.41 Å². The van der Waals surface area contributed by atoms with Crippen molar-refractivity contribution in [1.82, 2.24) is 10.7 Å². The lowest BCUT2D eigenvalue weighted by Gasteiger charge is -2.19. The molecule has 0 unspecified atom stereocenters. The van der Waals surface area contributed by atoms with Crippen molar-refractivity contribution in [1.29, 1.82) is 0 Å². The monoisotopic (exact) mass is 411 g/mol. The van der Waals surface area contributed by atoms with Gasteiger partial charge >= 0.3 is 0 Å². The first kappa shape index (κ1) is 22.4. The number of ether oxygens (including phenoxy) is 2. The highest BCUT2D eigenvalue weighted by Crippen LogP contribution is 2.29. The molecule has 2 aromatic carbocycles. The van der Waals surface area contributed by atoms with E-state index in [0.29, 0.717) is 29.8 Å². The van der Waals surface area contributed by atoms with E-state index >= 15 is 0 Å². The largest absolute Gasteiger partial charge is 0.493 e. The molecule has 0 aliphatic carbocycles. The normalized spacial score (nSPS) is 11.2. The standard InChI is InChI=1S/C23H29N3O2S/c1-6-13-24-22(29)26-25-15-18-9-12-20(21(14-18)27-5)28-16-17-7-10-19(11-8-17)23(2,3)4/h6-12,14-15H,1,13,16H2,2-5H3,(H2,24,26,29)/b25-15-. The van der Waals surface area contributed by atoms with Gasteiger partial charge in [-0.2, -0.15) is 5.10 Å². The highest BCUT2D eigenvalue weighted by atomic mass is 32.1. The fraction of sp³-hybridized carbons (Fsp3) is 0.304. The Kier molecular flexibility index (Phi) is 8.21. The second kappa shape index (κ2) is 10.6. The molecule has 0 aromatic heterocycles. The lowest BCUT2D eigenvalue weighted by Crippen LogP contribution is -2.31.